The van der Waals surface area contributed by atoms with Crippen LogP contribution in [0.1, 0.15) is 25.0 Å². The standard InChI is InChI=1S/C12H13NO2S2/c1-8-2-3-10(17-8)5-13-6-11-4-9(7-16-11)12(14)15/h2-4,7,13H,5-6H2,1H3,(H,14,15). The van der Waals surface area contributed by atoms with Crippen LogP contribution in [-0.2, 0) is 13.1 Å². The van der Waals surface area contributed by atoms with Gasteiger partial charge in [-0.15, -0.1) is 22.7 Å². The summed E-state index contributed by atoms with van der Waals surface area (Å²) in [7, 11) is 0. The summed E-state index contributed by atoms with van der Waals surface area (Å²) in [6, 6.07) is 5.94. The fourth-order valence-corrected chi connectivity index (χ4v) is 3.16. The molecule has 0 saturated heterocycles. The largest absolute Gasteiger partial charge is 0.478 e. The maximum Gasteiger partial charge on any atom is 0.336 e. The molecule has 2 heterocycles. The molecule has 2 aromatic rings. The SMILES string of the molecule is Cc1ccc(CNCc2cc(C(=O)O)cs2)s1. The van der Waals surface area contributed by atoms with Gasteiger partial charge in [-0.05, 0) is 25.1 Å². The lowest BCUT2D eigenvalue weighted by Crippen LogP contribution is -2.10. The third-order valence-corrected chi connectivity index (χ3v) is 4.23. The average Bonchev–Trinajstić information content (AvgIpc) is 2.88. The van der Waals surface area contributed by atoms with Gasteiger partial charge in [0.2, 0.25) is 0 Å². The highest BCUT2D eigenvalue weighted by atomic mass is 32.1. The average molecular weight is 267 g/mol. The Morgan fingerprint density at radius 2 is 2.12 bits per heavy atom. The second-order valence-corrected chi connectivity index (χ2v) is 6.09. The van der Waals surface area contributed by atoms with Crippen LogP contribution in [0.3, 0.4) is 0 Å². The Morgan fingerprint density at radius 3 is 2.71 bits per heavy atom. The van der Waals surface area contributed by atoms with E-state index >= 15 is 0 Å². The molecule has 0 saturated carbocycles. The van der Waals surface area contributed by atoms with Crippen molar-refractivity contribution >= 4 is 28.6 Å². The number of carboxylic acids is 1. The topological polar surface area (TPSA) is 49.3 Å². The fourth-order valence-electron chi connectivity index (χ4n) is 1.47. The Labute approximate surface area is 108 Å². The molecule has 5 heteroatoms. The maximum atomic E-state index is 10.7. The van der Waals surface area contributed by atoms with Gasteiger partial charge in [0.15, 0.2) is 0 Å². The quantitative estimate of drug-likeness (QED) is 0.875. The number of carbonyl (C=O) groups is 1. The predicted octanol–water partition coefficient (Wildman–Crippen LogP) is 3.11. The first-order chi connectivity index (χ1) is 8.15. The summed E-state index contributed by atoms with van der Waals surface area (Å²) in [5.41, 5.74) is 0.374. The van der Waals surface area contributed by atoms with Crippen LogP contribution in [0.25, 0.3) is 0 Å². The van der Waals surface area contributed by atoms with Gasteiger partial charge in [-0.25, -0.2) is 4.79 Å². The Bertz CT molecular complexity index is 516. The molecule has 2 rings (SSSR count). The summed E-state index contributed by atoms with van der Waals surface area (Å²) >= 11 is 3.26. The van der Waals surface area contributed by atoms with E-state index in [1.54, 1.807) is 22.8 Å². The van der Waals surface area contributed by atoms with E-state index in [-0.39, 0.29) is 0 Å². The van der Waals surface area contributed by atoms with Crippen molar-refractivity contribution in [3.63, 3.8) is 0 Å². The number of hydrogen-bond donors (Lipinski definition) is 2. The van der Waals surface area contributed by atoms with Gasteiger partial charge in [-0.3, -0.25) is 0 Å². The van der Waals surface area contributed by atoms with Crippen molar-refractivity contribution in [3.8, 4) is 0 Å². The van der Waals surface area contributed by atoms with Crippen molar-refractivity contribution in [1.29, 1.82) is 0 Å². The minimum absolute atomic E-state index is 0.374. The zero-order chi connectivity index (χ0) is 12.3. The van der Waals surface area contributed by atoms with Gasteiger partial charge in [-0.1, -0.05) is 0 Å². The van der Waals surface area contributed by atoms with Gasteiger partial charge in [0.05, 0.1) is 5.56 Å². The molecule has 0 aliphatic rings. The summed E-state index contributed by atoms with van der Waals surface area (Å²) in [5.74, 6) is -0.860. The molecule has 0 atom stereocenters. The third kappa shape index (κ3) is 3.39. The first kappa shape index (κ1) is 12.3. The molecule has 0 aliphatic heterocycles. The van der Waals surface area contributed by atoms with Crippen molar-refractivity contribution in [2.24, 2.45) is 0 Å². The monoisotopic (exact) mass is 267 g/mol. The molecule has 2 aromatic heterocycles. The van der Waals surface area contributed by atoms with E-state index in [2.05, 4.69) is 24.4 Å². The first-order valence-electron chi connectivity index (χ1n) is 5.22. The molecule has 90 valence electrons. The van der Waals surface area contributed by atoms with E-state index in [1.807, 2.05) is 0 Å². The van der Waals surface area contributed by atoms with E-state index in [4.69, 9.17) is 5.11 Å². The Hall–Kier alpha value is -1.17. The van der Waals surface area contributed by atoms with Crippen molar-refractivity contribution in [2.75, 3.05) is 0 Å². The number of aromatic carboxylic acids is 1. The zero-order valence-electron chi connectivity index (χ0n) is 9.40. The van der Waals surface area contributed by atoms with Crippen LogP contribution in [0.4, 0.5) is 0 Å². The first-order valence-corrected chi connectivity index (χ1v) is 6.91. The molecule has 0 amide bonds. The highest BCUT2D eigenvalue weighted by molar-refractivity contribution is 7.11. The van der Waals surface area contributed by atoms with Crippen LogP contribution in [0.5, 0.6) is 0 Å². The molecule has 2 N–H and O–H groups in total. The molecule has 0 bridgehead atoms. The number of nitrogens with one attached hydrogen (secondary N) is 1. The van der Waals surface area contributed by atoms with Crippen LogP contribution < -0.4 is 5.32 Å². The summed E-state index contributed by atoms with van der Waals surface area (Å²) in [6.07, 6.45) is 0. The molecule has 3 nitrogen and oxygen atoms in total. The number of aryl methyl sites for hydroxylation is 1. The van der Waals surface area contributed by atoms with Crippen LogP contribution in [0.15, 0.2) is 23.6 Å². The molecule has 0 spiro atoms. The van der Waals surface area contributed by atoms with Crippen LogP contribution in [0.2, 0.25) is 0 Å². The summed E-state index contributed by atoms with van der Waals surface area (Å²) < 4.78 is 0. The predicted molar refractivity (Wildman–Crippen MR) is 70.9 cm³/mol. The van der Waals surface area contributed by atoms with Crippen LogP contribution in [0, 0.1) is 6.92 Å². The number of carboxylic acid groups (broad SMARTS) is 1. The lowest BCUT2D eigenvalue weighted by molar-refractivity contribution is 0.0697. The van der Waals surface area contributed by atoms with Gasteiger partial charge in [0, 0.05) is 33.1 Å². The minimum Gasteiger partial charge on any atom is -0.478 e. The van der Waals surface area contributed by atoms with E-state index in [1.165, 1.54) is 21.1 Å². The van der Waals surface area contributed by atoms with Crippen molar-refractivity contribution in [1.82, 2.24) is 5.32 Å². The van der Waals surface area contributed by atoms with Gasteiger partial charge in [0.25, 0.3) is 0 Å². The van der Waals surface area contributed by atoms with Crippen molar-refractivity contribution < 1.29 is 9.90 Å². The second kappa shape index (κ2) is 5.44. The normalized spacial score (nSPS) is 10.6. The summed E-state index contributed by atoms with van der Waals surface area (Å²) in [4.78, 5) is 14.4. The molecular formula is C12H13NO2S2. The van der Waals surface area contributed by atoms with E-state index in [9.17, 15) is 4.79 Å². The Morgan fingerprint density at radius 1 is 1.35 bits per heavy atom. The third-order valence-electron chi connectivity index (χ3n) is 2.30. The van der Waals surface area contributed by atoms with Gasteiger partial charge in [-0.2, -0.15) is 0 Å². The van der Waals surface area contributed by atoms with Crippen molar-refractivity contribution in [2.45, 2.75) is 20.0 Å². The highest BCUT2D eigenvalue weighted by Crippen LogP contribution is 2.16. The molecule has 17 heavy (non-hydrogen) atoms. The molecule has 0 fully saturated rings. The summed E-state index contributed by atoms with van der Waals surface area (Å²) in [6.45, 7) is 3.64. The zero-order valence-corrected chi connectivity index (χ0v) is 11.0. The van der Waals surface area contributed by atoms with E-state index in [0.717, 1.165) is 18.0 Å². The number of rotatable bonds is 5. The Kier molecular flexibility index (Phi) is 3.93. The van der Waals surface area contributed by atoms with Gasteiger partial charge < -0.3 is 10.4 Å². The molecular weight excluding hydrogens is 254 g/mol. The summed E-state index contributed by atoms with van der Waals surface area (Å²) in [5, 5.41) is 13.8. The minimum atomic E-state index is -0.860. The molecule has 0 aromatic carbocycles. The smallest absolute Gasteiger partial charge is 0.336 e. The van der Waals surface area contributed by atoms with E-state index in [0.29, 0.717) is 5.56 Å². The molecule has 0 unspecified atom stereocenters. The van der Waals surface area contributed by atoms with Crippen LogP contribution in [-0.4, -0.2) is 11.1 Å². The highest BCUT2D eigenvalue weighted by Gasteiger charge is 2.06. The number of thiophene rings is 2. The van der Waals surface area contributed by atoms with E-state index < -0.39 is 5.97 Å². The fraction of sp³-hybridized carbons (Fsp3) is 0.250. The van der Waals surface area contributed by atoms with Crippen LogP contribution >= 0.6 is 22.7 Å². The number of hydrogen-bond acceptors (Lipinski definition) is 4. The van der Waals surface area contributed by atoms with Gasteiger partial charge >= 0.3 is 5.97 Å². The molecule has 0 radical (unpaired) electrons. The second-order valence-electron chi connectivity index (χ2n) is 3.72. The van der Waals surface area contributed by atoms with Gasteiger partial charge in [0.1, 0.15) is 0 Å². The maximum absolute atomic E-state index is 10.7. The lowest BCUT2D eigenvalue weighted by Gasteiger charge is -1.99. The van der Waals surface area contributed by atoms with Crippen molar-refractivity contribution in [3.05, 3.63) is 43.8 Å². The Balaban J connectivity index is 1.83. The lowest BCUT2D eigenvalue weighted by atomic mass is 10.3. The molecule has 0 aliphatic carbocycles.